The Morgan fingerprint density at radius 2 is 1.47 bits per heavy atom. The highest BCUT2D eigenvalue weighted by Gasteiger charge is 2.13. The molecule has 114 valence electrons. The topological polar surface area (TPSA) is 77.0 Å². The average molecular weight is 273 g/mol. The van der Waals surface area contributed by atoms with Gasteiger partial charge < -0.3 is 16.2 Å². The van der Waals surface area contributed by atoms with Gasteiger partial charge in [0.15, 0.2) is 6.04 Å². The minimum absolute atomic E-state index is 0.140. The number of carbonyl (C=O) groups is 1. The summed E-state index contributed by atoms with van der Waals surface area (Å²) in [6.45, 7) is 2.78. The molecular weight excluding hydrogens is 240 g/mol. The van der Waals surface area contributed by atoms with Crippen molar-refractivity contribution in [1.82, 2.24) is 5.32 Å². The number of hydrogen-bond acceptors (Lipinski definition) is 2. The molecule has 0 aromatic heterocycles. The second kappa shape index (κ2) is 13.8. The van der Waals surface area contributed by atoms with E-state index >= 15 is 0 Å². The van der Waals surface area contributed by atoms with Crippen LogP contribution in [0.3, 0.4) is 0 Å². The van der Waals surface area contributed by atoms with Crippen molar-refractivity contribution in [3.63, 3.8) is 0 Å². The van der Waals surface area contributed by atoms with Gasteiger partial charge in [-0.2, -0.15) is 0 Å². The third-order valence-electron chi connectivity index (χ3n) is 3.42. The van der Waals surface area contributed by atoms with Crippen LogP contribution in [-0.2, 0) is 4.79 Å². The van der Waals surface area contributed by atoms with Crippen molar-refractivity contribution in [2.24, 2.45) is 0 Å². The monoisotopic (exact) mass is 273 g/mol. The molecule has 0 rings (SSSR count). The van der Waals surface area contributed by atoms with E-state index in [0.29, 0.717) is 6.54 Å². The van der Waals surface area contributed by atoms with Gasteiger partial charge in [-0.3, -0.25) is 4.79 Å². The fourth-order valence-electron chi connectivity index (χ4n) is 2.05. The van der Waals surface area contributed by atoms with Crippen molar-refractivity contribution in [3.05, 3.63) is 0 Å². The Morgan fingerprint density at radius 3 is 1.95 bits per heavy atom. The van der Waals surface area contributed by atoms with Gasteiger partial charge in [0.1, 0.15) is 6.61 Å². The maximum atomic E-state index is 11.3. The molecule has 0 fully saturated rings. The van der Waals surface area contributed by atoms with Gasteiger partial charge in [0, 0.05) is 6.54 Å². The summed E-state index contributed by atoms with van der Waals surface area (Å²) >= 11 is 0. The Morgan fingerprint density at radius 1 is 1.00 bits per heavy atom. The molecule has 0 radical (unpaired) electrons. The van der Waals surface area contributed by atoms with Crippen molar-refractivity contribution in [2.75, 3.05) is 13.2 Å². The zero-order valence-electron chi connectivity index (χ0n) is 12.6. The molecule has 1 unspecified atom stereocenters. The number of amides is 1. The van der Waals surface area contributed by atoms with E-state index in [1.165, 1.54) is 57.8 Å². The van der Waals surface area contributed by atoms with Crippen molar-refractivity contribution in [1.29, 1.82) is 0 Å². The minimum Gasteiger partial charge on any atom is -0.390 e. The number of aliphatic hydroxyl groups is 1. The summed E-state index contributed by atoms with van der Waals surface area (Å²) in [4.78, 5) is 11.3. The van der Waals surface area contributed by atoms with Crippen molar-refractivity contribution < 1.29 is 15.6 Å². The van der Waals surface area contributed by atoms with E-state index in [0.717, 1.165) is 6.42 Å². The lowest BCUT2D eigenvalue weighted by Gasteiger charge is -2.07. The number of hydrogen-bond donors (Lipinski definition) is 3. The summed E-state index contributed by atoms with van der Waals surface area (Å²) in [6, 6.07) is -0.525. The molecule has 0 aromatic carbocycles. The van der Waals surface area contributed by atoms with Gasteiger partial charge in [0.2, 0.25) is 0 Å². The summed E-state index contributed by atoms with van der Waals surface area (Å²) in [5, 5.41) is 11.6. The van der Waals surface area contributed by atoms with E-state index in [1.807, 2.05) is 0 Å². The summed E-state index contributed by atoms with van der Waals surface area (Å²) < 4.78 is 0. The highest BCUT2D eigenvalue weighted by molar-refractivity contribution is 5.80. The maximum absolute atomic E-state index is 11.3. The van der Waals surface area contributed by atoms with E-state index in [4.69, 9.17) is 5.11 Å². The number of quaternary nitrogens is 1. The molecule has 1 amide bonds. The predicted molar refractivity (Wildman–Crippen MR) is 78.6 cm³/mol. The first kappa shape index (κ1) is 18.4. The van der Waals surface area contributed by atoms with Crippen molar-refractivity contribution >= 4 is 5.91 Å². The van der Waals surface area contributed by atoms with E-state index in [1.54, 1.807) is 0 Å². The Bertz CT molecular complexity index is 210. The molecule has 1 atom stereocenters. The maximum Gasteiger partial charge on any atom is 0.280 e. The predicted octanol–water partition coefficient (Wildman–Crippen LogP) is 1.63. The van der Waals surface area contributed by atoms with Crippen LogP contribution in [0.1, 0.15) is 71.1 Å². The van der Waals surface area contributed by atoms with Crippen LogP contribution in [0.5, 0.6) is 0 Å². The Hall–Kier alpha value is -0.610. The second-order valence-corrected chi connectivity index (χ2v) is 5.35. The zero-order valence-corrected chi connectivity index (χ0v) is 12.6. The third-order valence-corrected chi connectivity index (χ3v) is 3.42. The Kier molecular flexibility index (Phi) is 13.4. The van der Waals surface area contributed by atoms with E-state index in [9.17, 15) is 4.79 Å². The van der Waals surface area contributed by atoms with Crippen LogP contribution in [0, 0.1) is 0 Å². The molecule has 4 heteroatoms. The molecule has 0 aromatic rings. The SMILES string of the molecule is CCCCCCCCCCCCNC(=O)C([NH3+])CO. The summed E-state index contributed by atoms with van der Waals surface area (Å²) in [5.74, 6) is -0.140. The molecule has 0 aliphatic heterocycles. The quantitative estimate of drug-likeness (QED) is 0.446. The van der Waals surface area contributed by atoms with Gasteiger partial charge in [-0.25, -0.2) is 0 Å². The Labute approximate surface area is 118 Å². The van der Waals surface area contributed by atoms with Crippen LogP contribution in [-0.4, -0.2) is 30.2 Å². The fourth-order valence-corrected chi connectivity index (χ4v) is 2.05. The smallest absolute Gasteiger partial charge is 0.280 e. The first-order valence-electron chi connectivity index (χ1n) is 7.94. The molecule has 0 heterocycles. The van der Waals surface area contributed by atoms with Gasteiger partial charge in [0.25, 0.3) is 5.91 Å². The molecule has 0 bridgehead atoms. The summed E-state index contributed by atoms with van der Waals surface area (Å²) in [6.07, 6.45) is 13.0. The molecule has 0 aliphatic rings. The first-order chi connectivity index (χ1) is 9.22. The van der Waals surface area contributed by atoms with Gasteiger partial charge in [-0.15, -0.1) is 0 Å². The molecule has 19 heavy (non-hydrogen) atoms. The van der Waals surface area contributed by atoms with Crippen LogP contribution < -0.4 is 11.1 Å². The van der Waals surface area contributed by atoms with Crippen LogP contribution in [0.15, 0.2) is 0 Å². The number of aliphatic hydroxyl groups excluding tert-OH is 1. The lowest BCUT2D eigenvalue weighted by atomic mass is 10.1. The Balaban J connectivity index is 3.13. The second-order valence-electron chi connectivity index (χ2n) is 5.35. The number of unbranched alkanes of at least 4 members (excludes halogenated alkanes) is 9. The lowest BCUT2D eigenvalue weighted by molar-refractivity contribution is -0.409. The van der Waals surface area contributed by atoms with E-state index < -0.39 is 6.04 Å². The third kappa shape index (κ3) is 12.2. The van der Waals surface area contributed by atoms with Crippen molar-refractivity contribution in [3.8, 4) is 0 Å². The van der Waals surface area contributed by atoms with Gasteiger partial charge in [-0.05, 0) is 6.42 Å². The fraction of sp³-hybridized carbons (Fsp3) is 0.933. The normalized spacial score (nSPS) is 12.4. The summed E-state index contributed by atoms with van der Waals surface area (Å²) in [5.41, 5.74) is 3.56. The molecule has 0 saturated heterocycles. The molecule has 0 saturated carbocycles. The molecule has 0 aliphatic carbocycles. The standard InChI is InChI=1S/C15H32N2O2/c1-2-3-4-5-6-7-8-9-10-11-12-17-15(19)14(16)13-18/h14,18H,2-13,16H2,1H3,(H,17,19)/p+1. The molecular formula is C15H33N2O2+. The summed E-state index contributed by atoms with van der Waals surface area (Å²) in [7, 11) is 0. The lowest BCUT2D eigenvalue weighted by Crippen LogP contribution is -2.69. The minimum atomic E-state index is -0.525. The molecule has 5 N–H and O–H groups in total. The first-order valence-corrected chi connectivity index (χ1v) is 7.94. The molecule has 4 nitrogen and oxygen atoms in total. The average Bonchev–Trinajstić information content (AvgIpc) is 2.43. The molecule has 0 spiro atoms. The largest absolute Gasteiger partial charge is 0.390 e. The van der Waals surface area contributed by atoms with E-state index in [2.05, 4.69) is 18.0 Å². The van der Waals surface area contributed by atoms with Gasteiger partial charge in [0.05, 0.1) is 0 Å². The van der Waals surface area contributed by atoms with E-state index in [-0.39, 0.29) is 12.5 Å². The highest BCUT2D eigenvalue weighted by atomic mass is 16.3. The number of nitrogens with one attached hydrogen (secondary N) is 1. The van der Waals surface area contributed by atoms with Crippen LogP contribution in [0.2, 0.25) is 0 Å². The number of rotatable bonds is 13. The zero-order chi connectivity index (χ0) is 14.3. The van der Waals surface area contributed by atoms with Crippen LogP contribution in [0.4, 0.5) is 0 Å². The number of carbonyl (C=O) groups excluding carboxylic acids is 1. The van der Waals surface area contributed by atoms with Crippen molar-refractivity contribution in [2.45, 2.75) is 77.2 Å². The highest BCUT2D eigenvalue weighted by Crippen LogP contribution is 2.10. The van der Waals surface area contributed by atoms with Crippen LogP contribution >= 0.6 is 0 Å². The van der Waals surface area contributed by atoms with Gasteiger partial charge in [-0.1, -0.05) is 64.7 Å². The van der Waals surface area contributed by atoms with Gasteiger partial charge >= 0.3 is 0 Å². The van der Waals surface area contributed by atoms with Crippen LogP contribution in [0.25, 0.3) is 0 Å².